The van der Waals surface area contributed by atoms with E-state index in [1.165, 1.54) is 93.1 Å². The van der Waals surface area contributed by atoms with Crippen LogP contribution in [0, 0.1) is 0 Å². The van der Waals surface area contributed by atoms with E-state index in [9.17, 15) is 0 Å². The first-order chi connectivity index (χ1) is 33.8. The minimum atomic E-state index is 1.08. The third-order valence-corrected chi connectivity index (χ3v) is 13.7. The molecule has 13 aromatic rings. The molecule has 0 amide bonds. The van der Waals surface area contributed by atoms with Crippen LogP contribution in [0.4, 0.5) is 17.1 Å². The van der Waals surface area contributed by atoms with Crippen molar-refractivity contribution in [2.45, 2.75) is 0 Å². The Kier molecular flexibility index (Phi) is 9.54. The van der Waals surface area contributed by atoms with Crippen LogP contribution in [0.1, 0.15) is 0 Å². The number of anilines is 3. The maximum atomic E-state index is 2.44. The fraction of sp³-hybridized carbons (Fsp3) is 0. The largest absolute Gasteiger partial charge is 0.310 e. The van der Waals surface area contributed by atoms with Crippen molar-refractivity contribution in [3.05, 3.63) is 267 Å². The van der Waals surface area contributed by atoms with Gasteiger partial charge in [0.1, 0.15) is 0 Å². The maximum Gasteiger partial charge on any atom is 0.0547 e. The molecule has 0 bridgehead atoms. The Morgan fingerprint density at radius 3 is 1.54 bits per heavy atom. The number of aromatic nitrogens is 1. The van der Waals surface area contributed by atoms with Crippen molar-refractivity contribution in [3.63, 3.8) is 0 Å². The molecule has 0 saturated heterocycles. The summed E-state index contributed by atoms with van der Waals surface area (Å²) in [6.45, 7) is 0. The summed E-state index contributed by atoms with van der Waals surface area (Å²) >= 11 is 0. The summed E-state index contributed by atoms with van der Waals surface area (Å²) in [5.41, 5.74) is 16.4. The summed E-state index contributed by atoms with van der Waals surface area (Å²) in [7, 11) is 0. The van der Waals surface area contributed by atoms with Gasteiger partial charge in [-0.05, 0) is 137 Å². The molecule has 1 aromatic heterocycles. The molecule has 0 saturated carbocycles. The highest BCUT2D eigenvalue weighted by Gasteiger charge is 2.22. The highest BCUT2D eigenvalue weighted by atomic mass is 15.1. The number of nitrogens with zero attached hydrogens (tertiary/aromatic N) is 2. The van der Waals surface area contributed by atoms with Crippen molar-refractivity contribution in [3.8, 4) is 50.2 Å². The molecule has 2 heteroatoms. The van der Waals surface area contributed by atoms with E-state index in [0.717, 1.165) is 28.3 Å². The monoisotopic (exact) mass is 864 g/mol. The van der Waals surface area contributed by atoms with Crippen LogP contribution in [0.2, 0.25) is 0 Å². The number of benzene rings is 12. The lowest BCUT2D eigenvalue weighted by Gasteiger charge is -2.27. The molecule has 68 heavy (non-hydrogen) atoms. The van der Waals surface area contributed by atoms with Gasteiger partial charge in [-0.2, -0.15) is 0 Å². The van der Waals surface area contributed by atoms with Crippen molar-refractivity contribution in [2.75, 3.05) is 4.90 Å². The zero-order chi connectivity index (χ0) is 45.0. The number of para-hydroxylation sites is 2. The highest BCUT2D eigenvalue weighted by molar-refractivity contribution is 6.22. The zero-order valence-electron chi connectivity index (χ0n) is 37.3. The Bertz CT molecular complexity index is 4000. The van der Waals surface area contributed by atoms with E-state index in [1.807, 2.05) is 0 Å². The predicted molar refractivity (Wildman–Crippen MR) is 290 cm³/mol. The topological polar surface area (TPSA) is 8.17 Å². The van der Waals surface area contributed by atoms with Crippen LogP contribution >= 0.6 is 0 Å². The van der Waals surface area contributed by atoms with Crippen molar-refractivity contribution in [2.24, 2.45) is 0 Å². The van der Waals surface area contributed by atoms with E-state index in [4.69, 9.17) is 0 Å². The van der Waals surface area contributed by atoms with E-state index in [0.29, 0.717) is 0 Å². The van der Waals surface area contributed by atoms with Crippen LogP contribution in [0.15, 0.2) is 267 Å². The first kappa shape index (κ1) is 39.4. The number of hydrogen-bond donors (Lipinski definition) is 0. The van der Waals surface area contributed by atoms with E-state index in [1.54, 1.807) is 0 Å². The fourth-order valence-electron chi connectivity index (χ4n) is 10.8. The van der Waals surface area contributed by atoms with E-state index < -0.39 is 0 Å². The second kappa shape index (κ2) is 16.5. The minimum Gasteiger partial charge on any atom is -0.310 e. The predicted octanol–water partition coefficient (Wildman–Crippen LogP) is 18.4. The molecule has 0 aliphatic carbocycles. The fourth-order valence-corrected chi connectivity index (χ4v) is 10.8. The second-order valence-corrected chi connectivity index (χ2v) is 17.6. The molecule has 0 radical (unpaired) electrons. The summed E-state index contributed by atoms with van der Waals surface area (Å²) in [5.74, 6) is 0. The third-order valence-electron chi connectivity index (χ3n) is 13.7. The molecule has 0 fully saturated rings. The van der Waals surface area contributed by atoms with Gasteiger partial charge in [-0.25, -0.2) is 0 Å². The second-order valence-electron chi connectivity index (χ2n) is 17.6. The Labute approximate surface area is 395 Å². The summed E-state index contributed by atoms with van der Waals surface area (Å²) in [5, 5.41) is 9.88. The molecule has 0 atom stereocenters. The molecule has 12 aromatic carbocycles. The maximum absolute atomic E-state index is 2.44. The minimum absolute atomic E-state index is 1.08. The Morgan fingerprint density at radius 2 is 0.779 bits per heavy atom. The first-order valence-corrected chi connectivity index (χ1v) is 23.4. The van der Waals surface area contributed by atoms with Gasteiger partial charge in [0.05, 0.1) is 11.0 Å². The van der Waals surface area contributed by atoms with E-state index in [-0.39, 0.29) is 0 Å². The third kappa shape index (κ3) is 6.57. The van der Waals surface area contributed by atoms with Crippen molar-refractivity contribution >= 4 is 71.2 Å². The van der Waals surface area contributed by atoms with Gasteiger partial charge in [0.2, 0.25) is 0 Å². The lowest BCUT2D eigenvalue weighted by molar-refractivity contribution is 1.18. The molecule has 0 aliphatic heterocycles. The SMILES string of the molecule is c1ccc(-c2c(-c3ccccc3)c3cc(N(c4ccc(-c5cccc6ccccc56)cc4)c4cccc(-c5cccc6c5c5ccccc5n6-c5ccccc5)c4)ccc3c3ccccc23)cc1. The van der Waals surface area contributed by atoms with Gasteiger partial charge in [0, 0.05) is 33.5 Å². The van der Waals surface area contributed by atoms with Crippen molar-refractivity contribution in [1.82, 2.24) is 4.57 Å². The quantitative estimate of drug-likeness (QED) is 0.138. The van der Waals surface area contributed by atoms with Gasteiger partial charge in [-0.3, -0.25) is 0 Å². The molecular formula is C66H44N2. The molecule has 1 heterocycles. The van der Waals surface area contributed by atoms with Gasteiger partial charge >= 0.3 is 0 Å². The normalized spacial score (nSPS) is 11.5. The lowest BCUT2D eigenvalue weighted by Crippen LogP contribution is -2.10. The average molecular weight is 865 g/mol. The number of hydrogen-bond acceptors (Lipinski definition) is 1. The van der Waals surface area contributed by atoms with Gasteiger partial charge in [0.15, 0.2) is 0 Å². The number of fused-ring (bicyclic) bond motifs is 7. The summed E-state index contributed by atoms with van der Waals surface area (Å²) in [6.07, 6.45) is 0. The molecule has 0 aliphatic rings. The Balaban J connectivity index is 1.05. The molecule has 318 valence electrons. The van der Waals surface area contributed by atoms with Crippen LogP contribution < -0.4 is 4.90 Å². The summed E-state index contributed by atoms with van der Waals surface area (Å²) in [4.78, 5) is 2.44. The standard InChI is InChI=1S/C66H44N2/c1-4-20-47(21-5-1)64-59-31-13-12-30-57(59)58-42-41-53(44-61(58)65(64)48-22-6-2-7-23-48)67(51-39-37-46(38-40-51)55-33-17-24-45-19-10-11-29-54(45)55)52-28-16-25-49(43-52)56-34-18-36-63-66(56)60-32-14-15-35-62(60)68(63)50-26-8-3-9-27-50/h1-44H. The van der Waals surface area contributed by atoms with Crippen LogP contribution in [0.25, 0.3) is 104 Å². The zero-order valence-corrected chi connectivity index (χ0v) is 37.3. The molecule has 0 N–H and O–H groups in total. The van der Waals surface area contributed by atoms with E-state index in [2.05, 4.69) is 276 Å². The first-order valence-electron chi connectivity index (χ1n) is 23.4. The summed E-state index contributed by atoms with van der Waals surface area (Å²) < 4.78 is 2.40. The van der Waals surface area contributed by atoms with Gasteiger partial charge in [-0.1, -0.05) is 206 Å². The van der Waals surface area contributed by atoms with E-state index >= 15 is 0 Å². The Hall–Kier alpha value is -8.98. The van der Waals surface area contributed by atoms with Crippen LogP contribution in [-0.4, -0.2) is 4.57 Å². The van der Waals surface area contributed by atoms with Gasteiger partial charge in [0.25, 0.3) is 0 Å². The molecule has 13 rings (SSSR count). The number of rotatable bonds is 8. The van der Waals surface area contributed by atoms with Gasteiger partial charge < -0.3 is 9.47 Å². The lowest BCUT2D eigenvalue weighted by atomic mass is 9.85. The average Bonchev–Trinajstić information content (AvgIpc) is 3.76. The highest BCUT2D eigenvalue weighted by Crippen LogP contribution is 2.48. The Morgan fingerprint density at radius 1 is 0.265 bits per heavy atom. The molecular weight excluding hydrogens is 821 g/mol. The van der Waals surface area contributed by atoms with Crippen LogP contribution in [0.3, 0.4) is 0 Å². The summed E-state index contributed by atoms with van der Waals surface area (Å²) in [6, 6.07) is 97.5. The van der Waals surface area contributed by atoms with Crippen LogP contribution in [-0.2, 0) is 0 Å². The van der Waals surface area contributed by atoms with Crippen molar-refractivity contribution in [1.29, 1.82) is 0 Å². The van der Waals surface area contributed by atoms with Gasteiger partial charge in [-0.15, -0.1) is 0 Å². The molecule has 0 unspecified atom stereocenters. The van der Waals surface area contributed by atoms with Crippen LogP contribution in [0.5, 0.6) is 0 Å². The molecule has 0 spiro atoms. The smallest absolute Gasteiger partial charge is 0.0547 e. The molecule has 2 nitrogen and oxygen atoms in total. The van der Waals surface area contributed by atoms with Crippen molar-refractivity contribution < 1.29 is 0 Å².